The Labute approximate surface area is 157 Å². The van der Waals surface area contributed by atoms with E-state index in [1.807, 2.05) is 0 Å². The monoisotopic (exact) mass is 378 g/mol. The van der Waals surface area contributed by atoms with E-state index in [1.165, 1.54) is 0 Å². The molecular weight excluding hydrogens is 355 g/mol. The minimum Gasteiger partial charge on any atom is -0.486 e. The van der Waals surface area contributed by atoms with E-state index in [0.29, 0.717) is 44.2 Å². The normalized spacial score (nSPS) is 17.0. The number of ether oxygens (including phenoxy) is 2. The van der Waals surface area contributed by atoms with Crippen molar-refractivity contribution in [2.45, 2.75) is 31.9 Å². The van der Waals surface area contributed by atoms with E-state index in [0.717, 1.165) is 12.0 Å². The Hall–Kier alpha value is -2.30. The average molecular weight is 378 g/mol. The zero-order chi connectivity index (χ0) is 19.2. The number of rotatable bonds is 8. The van der Waals surface area contributed by atoms with E-state index in [-0.39, 0.29) is 24.7 Å². The van der Waals surface area contributed by atoms with Crippen molar-refractivity contribution in [1.82, 2.24) is 10.2 Å². The molecule has 27 heavy (non-hydrogen) atoms. The van der Waals surface area contributed by atoms with Gasteiger partial charge in [0, 0.05) is 32.4 Å². The van der Waals surface area contributed by atoms with Gasteiger partial charge in [-0.3, -0.25) is 9.59 Å². The fourth-order valence-electron chi connectivity index (χ4n) is 3.14. The lowest BCUT2D eigenvalue weighted by Crippen LogP contribution is -2.43. The topological polar surface area (TPSA) is 118 Å². The Bertz CT molecular complexity index is 685. The standard InChI is InChI=1S/C17H23BN2O7/c21-15(5-7-20-6-1-2-17(20)22)19-16(27-18(23)24)11-12-3-4-13-14(10-12)26-9-8-25-13/h3-4,10,16,23-24H,1-2,5-9,11H2,(H,19,21)/t16-/m1/s1. The Morgan fingerprint density at radius 2 is 2.07 bits per heavy atom. The summed E-state index contributed by atoms with van der Waals surface area (Å²) in [5.41, 5.74) is 0.778. The summed E-state index contributed by atoms with van der Waals surface area (Å²) in [4.78, 5) is 25.4. The Balaban J connectivity index is 1.56. The maximum atomic E-state index is 12.2. The van der Waals surface area contributed by atoms with Crippen LogP contribution in [0.15, 0.2) is 18.2 Å². The van der Waals surface area contributed by atoms with Gasteiger partial charge in [0.25, 0.3) is 0 Å². The first-order valence-corrected chi connectivity index (χ1v) is 8.98. The van der Waals surface area contributed by atoms with Gasteiger partial charge in [0.1, 0.15) is 19.4 Å². The molecule has 3 N–H and O–H groups in total. The molecule has 0 spiro atoms. The molecule has 2 heterocycles. The lowest BCUT2D eigenvalue weighted by molar-refractivity contribution is -0.129. The predicted octanol–water partition coefficient (Wildman–Crippen LogP) is -0.559. The highest BCUT2D eigenvalue weighted by Crippen LogP contribution is 2.31. The average Bonchev–Trinajstić information content (AvgIpc) is 3.04. The molecule has 1 aromatic carbocycles. The first-order chi connectivity index (χ1) is 13.0. The first kappa shape index (κ1) is 19.5. The van der Waals surface area contributed by atoms with Crippen LogP contribution in [0, 0.1) is 0 Å². The van der Waals surface area contributed by atoms with Crippen LogP contribution in [0.2, 0.25) is 0 Å². The minimum atomic E-state index is -2.02. The zero-order valence-electron chi connectivity index (χ0n) is 14.9. The van der Waals surface area contributed by atoms with E-state index < -0.39 is 13.5 Å². The van der Waals surface area contributed by atoms with Crippen LogP contribution in [-0.2, 0) is 20.7 Å². The van der Waals surface area contributed by atoms with Crippen molar-refractivity contribution < 1.29 is 33.8 Å². The summed E-state index contributed by atoms with van der Waals surface area (Å²) in [6.45, 7) is 1.95. The van der Waals surface area contributed by atoms with E-state index in [2.05, 4.69) is 5.32 Å². The maximum Gasteiger partial charge on any atom is 0.635 e. The maximum absolute atomic E-state index is 12.2. The van der Waals surface area contributed by atoms with Crippen LogP contribution in [0.3, 0.4) is 0 Å². The van der Waals surface area contributed by atoms with Gasteiger partial charge in [0.05, 0.1) is 0 Å². The van der Waals surface area contributed by atoms with E-state index in [1.54, 1.807) is 23.1 Å². The summed E-state index contributed by atoms with van der Waals surface area (Å²) >= 11 is 0. The molecule has 2 aliphatic rings. The van der Waals surface area contributed by atoms with Gasteiger partial charge in [0.15, 0.2) is 11.5 Å². The Morgan fingerprint density at radius 1 is 1.30 bits per heavy atom. The van der Waals surface area contributed by atoms with Gasteiger partial charge in [-0.1, -0.05) is 6.07 Å². The molecule has 0 aliphatic carbocycles. The van der Waals surface area contributed by atoms with E-state index in [4.69, 9.17) is 24.2 Å². The summed E-state index contributed by atoms with van der Waals surface area (Å²) in [5, 5.41) is 20.9. The largest absolute Gasteiger partial charge is 0.635 e. The number of carbonyl (C=O) groups is 2. The highest BCUT2D eigenvalue weighted by molar-refractivity contribution is 6.32. The lowest BCUT2D eigenvalue weighted by atomic mass is 10.1. The van der Waals surface area contributed by atoms with E-state index >= 15 is 0 Å². The molecular formula is C17H23BN2O7. The summed E-state index contributed by atoms with van der Waals surface area (Å²) < 4.78 is 16.0. The molecule has 2 amide bonds. The predicted molar refractivity (Wildman–Crippen MR) is 94.8 cm³/mol. The molecule has 0 bridgehead atoms. The number of hydrogen-bond acceptors (Lipinski definition) is 7. The number of amides is 2. The SMILES string of the molecule is O=C(CCN1CCCC1=O)N[C@@H](Cc1ccc2c(c1)OCCO2)OB(O)O. The van der Waals surface area contributed by atoms with Crippen molar-refractivity contribution >= 4 is 19.1 Å². The van der Waals surface area contributed by atoms with Crippen molar-refractivity contribution in [2.75, 3.05) is 26.3 Å². The second kappa shape index (κ2) is 9.07. The van der Waals surface area contributed by atoms with Gasteiger partial charge in [-0.15, -0.1) is 0 Å². The number of fused-ring (bicyclic) bond motifs is 1. The van der Waals surface area contributed by atoms with Crippen LogP contribution in [0.5, 0.6) is 11.5 Å². The molecule has 2 aliphatic heterocycles. The minimum absolute atomic E-state index is 0.0534. The number of hydrogen-bond donors (Lipinski definition) is 3. The van der Waals surface area contributed by atoms with Gasteiger partial charge in [-0.25, -0.2) is 0 Å². The van der Waals surface area contributed by atoms with Crippen LogP contribution >= 0.6 is 0 Å². The van der Waals surface area contributed by atoms with E-state index in [9.17, 15) is 9.59 Å². The molecule has 1 aromatic rings. The first-order valence-electron chi connectivity index (χ1n) is 8.98. The second-order valence-electron chi connectivity index (χ2n) is 6.44. The van der Waals surface area contributed by atoms with Gasteiger partial charge in [-0.2, -0.15) is 0 Å². The van der Waals surface area contributed by atoms with Crippen molar-refractivity contribution in [2.24, 2.45) is 0 Å². The Kier molecular flexibility index (Phi) is 6.54. The fraction of sp³-hybridized carbons (Fsp3) is 0.529. The molecule has 1 atom stereocenters. The third-order valence-electron chi connectivity index (χ3n) is 4.42. The third-order valence-corrected chi connectivity index (χ3v) is 4.42. The van der Waals surface area contributed by atoms with Crippen molar-refractivity contribution in [1.29, 1.82) is 0 Å². The summed E-state index contributed by atoms with van der Waals surface area (Å²) in [6, 6.07) is 5.32. The molecule has 1 saturated heterocycles. The number of nitrogens with zero attached hydrogens (tertiary/aromatic N) is 1. The van der Waals surface area contributed by atoms with Crippen LogP contribution in [0.1, 0.15) is 24.8 Å². The van der Waals surface area contributed by atoms with Crippen LogP contribution < -0.4 is 14.8 Å². The number of likely N-dealkylation sites (tertiary alicyclic amines) is 1. The summed E-state index contributed by atoms with van der Waals surface area (Å²) in [7, 11) is -2.02. The van der Waals surface area contributed by atoms with Gasteiger partial charge >= 0.3 is 7.32 Å². The molecule has 3 rings (SSSR count). The molecule has 0 unspecified atom stereocenters. The molecule has 10 heteroatoms. The zero-order valence-corrected chi connectivity index (χ0v) is 14.9. The quantitative estimate of drug-likeness (QED) is 0.410. The molecule has 1 fully saturated rings. The number of nitrogens with one attached hydrogen (secondary N) is 1. The number of carbonyl (C=O) groups excluding carboxylic acids is 2. The van der Waals surface area contributed by atoms with Gasteiger partial charge < -0.3 is 34.4 Å². The van der Waals surface area contributed by atoms with Crippen molar-refractivity contribution in [3.05, 3.63) is 23.8 Å². The summed E-state index contributed by atoms with van der Waals surface area (Å²) in [5.74, 6) is 0.959. The van der Waals surface area contributed by atoms with Gasteiger partial charge in [0.2, 0.25) is 11.8 Å². The molecule has 9 nitrogen and oxygen atoms in total. The molecule has 146 valence electrons. The molecule has 0 radical (unpaired) electrons. The lowest BCUT2D eigenvalue weighted by Gasteiger charge is -2.22. The smallest absolute Gasteiger partial charge is 0.486 e. The fourth-order valence-corrected chi connectivity index (χ4v) is 3.14. The van der Waals surface area contributed by atoms with Gasteiger partial charge in [-0.05, 0) is 24.1 Å². The highest BCUT2D eigenvalue weighted by atomic mass is 16.6. The van der Waals surface area contributed by atoms with Crippen molar-refractivity contribution in [3.63, 3.8) is 0 Å². The Morgan fingerprint density at radius 3 is 2.78 bits per heavy atom. The van der Waals surface area contributed by atoms with Crippen molar-refractivity contribution in [3.8, 4) is 11.5 Å². The molecule has 0 saturated carbocycles. The van der Waals surface area contributed by atoms with Crippen LogP contribution in [0.4, 0.5) is 0 Å². The summed E-state index contributed by atoms with van der Waals surface area (Å²) in [6.07, 6.45) is 0.729. The van der Waals surface area contributed by atoms with Crippen LogP contribution in [0.25, 0.3) is 0 Å². The highest BCUT2D eigenvalue weighted by Gasteiger charge is 2.24. The van der Waals surface area contributed by atoms with Crippen LogP contribution in [-0.4, -0.2) is 66.6 Å². The third kappa shape index (κ3) is 5.59. The molecule has 0 aromatic heterocycles. The number of benzene rings is 1. The second-order valence-corrected chi connectivity index (χ2v) is 6.44.